The highest BCUT2D eigenvalue weighted by Crippen LogP contribution is 2.28. The smallest absolute Gasteiger partial charge is 0.0959 e. The summed E-state index contributed by atoms with van der Waals surface area (Å²) < 4.78 is 1.29. The second kappa shape index (κ2) is 4.91. The number of nitrogens with zero attached hydrogens (tertiary/aromatic N) is 1. The Morgan fingerprint density at radius 3 is 2.90 bits per heavy atom. The number of benzene rings is 2. The molecule has 1 aromatic heterocycles. The molecule has 1 aliphatic heterocycles. The Balaban J connectivity index is 1.55. The summed E-state index contributed by atoms with van der Waals surface area (Å²) in [5.41, 5.74) is 3.86. The van der Waals surface area contributed by atoms with Gasteiger partial charge in [-0.3, -0.25) is 0 Å². The minimum Gasteiger partial charge on any atom is -0.382 e. The Hall–Kier alpha value is -1.87. The molecule has 0 saturated carbocycles. The van der Waals surface area contributed by atoms with Crippen LogP contribution in [0.4, 0.5) is 5.69 Å². The molecule has 0 amide bonds. The molecule has 1 N–H and O–H groups in total. The molecule has 0 spiro atoms. The first-order chi connectivity index (χ1) is 9.88. The standard InChI is InChI=1S/C17H16N2S/c1-2-6-14-12(5-1)9-10-13(18-14)11-17-19-15-7-3-4-8-16(15)20-17/h1-8,13,18H,9-11H2. The van der Waals surface area contributed by atoms with Crippen molar-refractivity contribution in [2.24, 2.45) is 0 Å². The molecule has 3 aromatic rings. The molecule has 20 heavy (non-hydrogen) atoms. The quantitative estimate of drug-likeness (QED) is 0.758. The van der Waals surface area contributed by atoms with Crippen LogP contribution in [0, 0.1) is 0 Å². The third kappa shape index (κ3) is 2.18. The molecule has 3 heteroatoms. The van der Waals surface area contributed by atoms with Crippen LogP contribution in [-0.2, 0) is 12.8 Å². The van der Waals surface area contributed by atoms with E-state index in [9.17, 15) is 0 Å². The van der Waals surface area contributed by atoms with E-state index in [2.05, 4.69) is 53.8 Å². The Labute approximate surface area is 122 Å². The molecule has 4 rings (SSSR count). The van der Waals surface area contributed by atoms with Crippen LogP contribution in [0.15, 0.2) is 48.5 Å². The molecule has 0 bridgehead atoms. The van der Waals surface area contributed by atoms with Crippen molar-refractivity contribution in [3.8, 4) is 0 Å². The van der Waals surface area contributed by atoms with Gasteiger partial charge in [-0.05, 0) is 36.6 Å². The van der Waals surface area contributed by atoms with Crippen LogP contribution in [0.1, 0.15) is 17.0 Å². The predicted octanol–water partition coefficient (Wildman–Crippen LogP) is 4.27. The third-order valence-corrected chi connectivity index (χ3v) is 4.96. The molecule has 2 nitrogen and oxygen atoms in total. The molecule has 1 unspecified atom stereocenters. The van der Waals surface area contributed by atoms with Crippen molar-refractivity contribution < 1.29 is 0 Å². The first-order valence-electron chi connectivity index (χ1n) is 7.07. The van der Waals surface area contributed by atoms with Gasteiger partial charge in [-0.2, -0.15) is 0 Å². The first-order valence-corrected chi connectivity index (χ1v) is 7.89. The van der Waals surface area contributed by atoms with E-state index in [1.54, 1.807) is 0 Å². The molecule has 0 saturated heterocycles. The monoisotopic (exact) mass is 280 g/mol. The van der Waals surface area contributed by atoms with Crippen molar-refractivity contribution >= 4 is 27.2 Å². The maximum Gasteiger partial charge on any atom is 0.0959 e. The molecule has 1 atom stereocenters. The van der Waals surface area contributed by atoms with Crippen LogP contribution >= 0.6 is 11.3 Å². The summed E-state index contributed by atoms with van der Waals surface area (Å²) in [4.78, 5) is 4.74. The number of hydrogen-bond acceptors (Lipinski definition) is 3. The van der Waals surface area contributed by atoms with Gasteiger partial charge in [-0.25, -0.2) is 4.98 Å². The molecular weight excluding hydrogens is 264 g/mol. The summed E-state index contributed by atoms with van der Waals surface area (Å²) in [7, 11) is 0. The minimum atomic E-state index is 0.505. The van der Waals surface area contributed by atoms with Gasteiger partial charge in [0.1, 0.15) is 0 Å². The number of para-hydroxylation sites is 2. The van der Waals surface area contributed by atoms with Crippen LogP contribution in [0.5, 0.6) is 0 Å². The predicted molar refractivity (Wildman–Crippen MR) is 85.5 cm³/mol. The van der Waals surface area contributed by atoms with Crippen LogP contribution in [0.3, 0.4) is 0 Å². The van der Waals surface area contributed by atoms with Crippen LogP contribution in [0.25, 0.3) is 10.2 Å². The first kappa shape index (κ1) is 11.9. The van der Waals surface area contributed by atoms with Crippen LogP contribution in [0.2, 0.25) is 0 Å². The molecule has 2 aromatic carbocycles. The second-order valence-corrected chi connectivity index (χ2v) is 6.43. The van der Waals surface area contributed by atoms with Crippen molar-refractivity contribution in [1.29, 1.82) is 0 Å². The zero-order chi connectivity index (χ0) is 13.4. The lowest BCUT2D eigenvalue weighted by molar-refractivity contribution is 0.627. The van der Waals surface area contributed by atoms with Gasteiger partial charge in [0.05, 0.1) is 15.2 Å². The van der Waals surface area contributed by atoms with Crippen molar-refractivity contribution in [3.05, 3.63) is 59.1 Å². The molecule has 0 fully saturated rings. The molecular formula is C17H16N2S. The van der Waals surface area contributed by atoms with E-state index >= 15 is 0 Å². The van der Waals surface area contributed by atoms with Gasteiger partial charge in [0.2, 0.25) is 0 Å². The average Bonchev–Trinajstić information content (AvgIpc) is 2.89. The molecule has 0 aliphatic carbocycles. The van der Waals surface area contributed by atoms with E-state index in [4.69, 9.17) is 4.98 Å². The van der Waals surface area contributed by atoms with Gasteiger partial charge >= 0.3 is 0 Å². The highest BCUT2D eigenvalue weighted by Gasteiger charge is 2.18. The Bertz CT molecular complexity index is 714. The number of fused-ring (bicyclic) bond motifs is 2. The van der Waals surface area contributed by atoms with Gasteiger partial charge < -0.3 is 5.32 Å². The van der Waals surface area contributed by atoms with Gasteiger partial charge in [0, 0.05) is 18.2 Å². The van der Waals surface area contributed by atoms with Gasteiger partial charge in [0.15, 0.2) is 0 Å². The number of aryl methyl sites for hydroxylation is 1. The number of aromatic nitrogens is 1. The van der Waals surface area contributed by atoms with E-state index in [1.807, 2.05) is 11.3 Å². The highest BCUT2D eigenvalue weighted by atomic mass is 32.1. The van der Waals surface area contributed by atoms with E-state index < -0.39 is 0 Å². The molecule has 1 aliphatic rings. The van der Waals surface area contributed by atoms with E-state index in [1.165, 1.54) is 33.8 Å². The minimum absolute atomic E-state index is 0.505. The summed E-state index contributed by atoms with van der Waals surface area (Å²) in [5.74, 6) is 0. The fraction of sp³-hybridized carbons (Fsp3) is 0.235. The highest BCUT2D eigenvalue weighted by molar-refractivity contribution is 7.18. The average molecular weight is 280 g/mol. The summed E-state index contributed by atoms with van der Waals surface area (Å²) in [6, 6.07) is 17.5. The van der Waals surface area contributed by atoms with Crippen LogP contribution < -0.4 is 5.32 Å². The summed E-state index contributed by atoms with van der Waals surface area (Å²) in [5, 5.41) is 4.90. The maximum absolute atomic E-state index is 4.74. The lowest BCUT2D eigenvalue weighted by Gasteiger charge is -2.26. The Morgan fingerprint density at radius 2 is 1.95 bits per heavy atom. The van der Waals surface area contributed by atoms with Crippen molar-refractivity contribution in [2.45, 2.75) is 25.3 Å². The van der Waals surface area contributed by atoms with E-state index in [0.29, 0.717) is 6.04 Å². The van der Waals surface area contributed by atoms with Crippen molar-refractivity contribution in [2.75, 3.05) is 5.32 Å². The number of thiazole rings is 1. The zero-order valence-corrected chi connectivity index (χ0v) is 12.0. The van der Waals surface area contributed by atoms with Crippen molar-refractivity contribution in [3.63, 3.8) is 0 Å². The SMILES string of the molecule is c1ccc2c(c1)CCC(Cc1nc3ccccc3s1)N2. The number of nitrogens with one attached hydrogen (secondary N) is 1. The zero-order valence-electron chi connectivity index (χ0n) is 11.2. The molecule has 0 radical (unpaired) electrons. The number of anilines is 1. The molecule has 2 heterocycles. The van der Waals surface area contributed by atoms with E-state index in [0.717, 1.165) is 11.9 Å². The largest absolute Gasteiger partial charge is 0.382 e. The van der Waals surface area contributed by atoms with Gasteiger partial charge in [-0.15, -0.1) is 11.3 Å². The maximum atomic E-state index is 4.74. The van der Waals surface area contributed by atoms with Crippen molar-refractivity contribution in [1.82, 2.24) is 4.98 Å². The summed E-state index contributed by atoms with van der Waals surface area (Å²) in [6.45, 7) is 0. The number of hydrogen-bond donors (Lipinski definition) is 1. The topological polar surface area (TPSA) is 24.9 Å². The van der Waals surface area contributed by atoms with E-state index in [-0.39, 0.29) is 0 Å². The van der Waals surface area contributed by atoms with Gasteiger partial charge in [0.25, 0.3) is 0 Å². The second-order valence-electron chi connectivity index (χ2n) is 5.32. The Morgan fingerprint density at radius 1 is 1.10 bits per heavy atom. The number of rotatable bonds is 2. The lowest BCUT2D eigenvalue weighted by Crippen LogP contribution is -2.27. The Kier molecular flexibility index (Phi) is 2.92. The lowest BCUT2D eigenvalue weighted by atomic mass is 9.96. The summed E-state index contributed by atoms with van der Waals surface area (Å²) >= 11 is 1.82. The third-order valence-electron chi connectivity index (χ3n) is 3.90. The molecule has 100 valence electrons. The normalized spacial score (nSPS) is 17.7. The summed E-state index contributed by atoms with van der Waals surface area (Å²) in [6.07, 6.45) is 3.37. The fourth-order valence-electron chi connectivity index (χ4n) is 2.87. The van der Waals surface area contributed by atoms with Gasteiger partial charge in [-0.1, -0.05) is 30.3 Å². The van der Waals surface area contributed by atoms with Crippen LogP contribution in [-0.4, -0.2) is 11.0 Å². The fourth-order valence-corrected chi connectivity index (χ4v) is 3.92.